The molecule has 1 aliphatic heterocycles. The molecule has 210 valence electrons. The SMILES string of the molecule is C.CCC1c2ccccc2OC(C)(C)CN1Cc1cccc(-n2ncc(C(=O)O)c2[C@@H]2C[C@H]2c2cn(C)nn2)c1. The normalized spacial score (nSPS) is 21.6. The van der Waals surface area contributed by atoms with E-state index in [-0.39, 0.29) is 36.5 Å². The van der Waals surface area contributed by atoms with Crippen LogP contribution in [0.15, 0.2) is 60.9 Å². The van der Waals surface area contributed by atoms with Crippen molar-refractivity contribution in [2.45, 2.75) is 71.1 Å². The molecule has 1 fully saturated rings. The lowest BCUT2D eigenvalue weighted by Crippen LogP contribution is -2.41. The van der Waals surface area contributed by atoms with E-state index >= 15 is 0 Å². The number of rotatable bonds is 7. The largest absolute Gasteiger partial charge is 0.486 e. The lowest BCUT2D eigenvalue weighted by molar-refractivity contribution is 0.0545. The van der Waals surface area contributed by atoms with Gasteiger partial charge in [0.25, 0.3) is 0 Å². The van der Waals surface area contributed by atoms with Crippen molar-refractivity contribution in [3.05, 3.63) is 89.0 Å². The second-order valence-electron chi connectivity index (χ2n) is 11.3. The van der Waals surface area contributed by atoms with Gasteiger partial charge in [-0.2, -0.15) is 5.10 Å². The van der Waals surface area contributed by atoms with Crippen LogP contribution in [0.4, 0.5) is 0 Å². The van der Waals surface area contributed by atoms with Crippen LogP contribution in [-0.2, 0) is 13.6 Å². The van der Waals surface area contributed by atoms with E-state index in [1.165, 1.54) is 11.8 Å². The summed E-state index contributed by atoms with van der Waals surface area (Å²) in [6.07, 6.45) is 5.16. The monoisotopic (exact) mass is 542 g/mol. The number of para-hydroxylation sites is 1. The zero-order valence-corrected chi connectivity index (χ0v) is 22.8. The van der Waals surface area contributed by atoms with Gasteiger partial charge >= 0.3 is 5.97 Å². The fraction of sp³-hybridized carbons (Fsp3) is 0.419. The first-order valence-electron chi connectivity index (χ1n) is 13.5. The van der Waals surface area contributed by atoms with E-state index in [0.717, 1.165) is 54.3 Å². The topological polar surface area (TPSA) is 98.3 Å². The molecule has 6 rings (SSSR count). The molecule has 40 heavy (non-hydrogen) atoms. The summed E-state index contributed by atoms with van der Waals surface area (Å²) in [5.41, 5.74) is 4.72. The Labute approximate surface area is 235 Å². The van der Waals surface area contributed by atoms with Gasteiger partial charge < -0.3 is 9.84 Å². The summed E-state index contributed by atoms with van der Waals surface area (Å²) in [7, 11) is 1.84. The van der Waals surface area contributed by atoms with Crippen LogP contribution in [0, 0.1) is 0 Å². The van der Waals surface area contributed by atoms with Gasteiger partial charge in [-0.05, 0) is 50.5 Å². The number of hydrogen-bond acceptors (Lipinski definition) is 6. The van der Waals surface area contributed by atoms with Gasteiger partial charge in [0.05, 0.1) is 23.3 Å². The highest BCUT2D eigenvalue weighted by Gasteiger charge is 2.46. The summed E-state index contributed by atoms with van der Waals surface area (Å²) >= 11 is 0. The van der Waals surface area contributed by atoms with E-state index in [4.69, 9.17) is 4.74 Å². The van der Waals surface area contributed by atoms with Crippen molar-refractivity contribution in [2.24, 2.45) is 7.05 Å². The first kappa shape index (κ1) is 27.6. The van der Waals surface area contributed by atoms with Crippen molar-refractivity contribution in [1.29, 1.82) is 0 Å². The van der Waals surface area contributed by atoms with E-state index in [2.05, 4.69) is 71.4 Å². The minimum absolute atomic E-state index is 0. The molecule has 0 spiro atoms. The van der Waals surface area contributed by atoms with Crippen molar-refractivity contribution in [1.82, 2.24) is 29.7 Å². The number of aryl methyl sites for hydroxylation is 1. The maximum atomic E-state index is 12.1. The molecule has 1 unspecified atom stereocenters. The van der Waals surface area contributed by atoms with Gasteiger partial charge in [0.2, 0.25) is 0 Å². The fourth-order valence-electron chi connectivity index (χ4n) is 6.08. The van der Waals surface area contributed by atoms with Gasteiger partial charge in [-0.3, -0.25) is 9.58 Å². The van der Waals surface area contributed by atoms with Gasteiger partial charge in [-0.1, -0.05) is 49.9 Å². The van der Waals surface area contributed by atoms with Crippen LogP contribution < -0.4 is 4.74 Å². The Kier molecular flexibility index (Phi) is 7.27. The minimum atomic E-state index is -0.964. The summed E-state index contributed by atoms with van der Waals surface area (Å²) in [5, 5.41) is 22.8. The summed E-state index contributed by atoms with van der Waals surface area (Å²) in [6, 6.07) is 16.8. The first-order chi connectivity index (χ1) is 18.7. The van der Waals surface area contributed by atoms with Gasteiger partial charge in [0.15, 0.2) is 0 Å². The second-order valence-corrected chi connectivity index (χ2v) is 11.3. The van der Waals surface area contributed by atoms with E-state index in [0.29, 0.717) is 0 Å². The zero-order chi connectivity index (χ0) is 27.3. The third-order valence-electron chi connectivity index (χ3n) is 7.80. The molecular formula is C31H38N6O3. The van der Waals surface area contributed by atoms with Crippen molar-refractivity contribution < 1.29 is 14.6 Å². The fourth-order valence-corrected chi connectivity index (χ4v) is 6.08. The van der Waals surface area contributed by atoms with Crippen LogP contribution in [0.2, 0.25) is 0 Å². The molecule has 0 saturated heterocycles. The maximum Gasteiger partial charge on any atom is 0.339 e. The number of hydrogen-bond donors (Lipinski definition) is 1. The Morgan fingerprint density at radius 3 is 2.67 bits per heavy atom. The third-order valence-corrected chi connectivity index (χ3v) is 7.80. The summed E-state index contributed by atoms with van der Waals surface area (Å²) < 4.78 is 9.92. The molecule has 2 aromatic carbocycles. The number of ether oxygens (including phenoxy) is 1. The molecule has 3 heterocycles. The van der Waals surface area contributed by atoms with Gasteiger partial charge in [-0.25, -0.2) is 9.48 Å². The van der Waals surface area contributed by atoms with Crippen molar-refractivity contribution >= 4 is 5.97 Å². The lowest BCUT2D eigenvalue weighted by atomic mass is 10.00. The molecular weight excluding hydrogens is 504 g/mol. The number of fused-ring (bicyclic) bond motifs is 1. The summed E-state index contributed by atoms with van der Waals surface area (Å²) in [4.78, 5) is 14.6. The molecule has 1 saturated carbocycles. The predicted octanol–water partition coefficient (Wildman–Crippen LogP) is 5.73. The van der Waals surface area contributed by atoms with E-state index in [1.807, 2.05) is 31.4 Å². The highest BCUT2D eigenvalue weighted by Crippen LogP contribution is 2.55. The van der Waals surface area contributed by atoms with Crippen molar-refractivity contribution in [3.63, 3.8) is 0 Å². The number of carboxylic acid groups (broad SMARTS) is 1. The minimum Gasteiger partial charge on any atom is -0.486 e. The molecule has 0 radical (unpaired) electrons. The molecule has 2 aromatic heterocycles. The molecule has 4 aromatic rings. The van der Waals surface area contributed by atoms with Crippen LogP contribution >= 0.6 is 0 Å². The number of carboxylic acids is 1. The number of aromatic nitrogens is 5. The number of carbonyl (C=O) groups is 1. The van der Waals surface area contributed by atoms with Crippen molar-refractivity contribution in [2.75, 3.05) is 6.54 Å². The van der Waals surface area contributed by atoms with Crippen LogP contribution in [0.25, 0.3) is 5.69 Å². The van der Waals surface area contributed by atoms with Crippen LogP contribution in [0.5, 0.6) is 5.75 Å². The van der Waals surface area contributed by atoms with Gasteiger partial charge in [0.1, 0.15) is 16.9 Å². The van der Waals surface area contributed by atoms with Crippen LogP contribution in [-0.4, -0.2) is 52.9 Å². The molecule has 2 aliphatic rings. The number of aromatic carboxylic acids is 1. The van der Waals surface area contributed by atoms with Crippen molar-refractivity contribution in [3.8, 4) is 11.4 Å². The quantitative estimate of drug-likeness (QED) is 0.318. The van der Waals surface area contributed by atoms with Gasteiger partial charge in [0, 0.05) is 49.8 Å². The molecule has 0 amide bonds. The molecule has 9 heteroatoms. The predicted molar refractivity (Wildman–Crippen MR) is 153 cm³/mol. The highest BCUT2D eigenvalue weighted by atomic mass is 16.5. The molecule has 0 bridgehead atoms. The lowest BCUT2D eigenvalue weighted by Gasteiger charge is -2.33. The Morgan fingerprint density at radius 1 is 1.15 bits per heavy atom. The molecule has 1 N–H and O–H groups in total. The Hall–Kier alpha value is -3.98. The maximum absolute atomic E-state index is 12.1. The Balaban J connectivity index is 0.00000323. The number of nitrogens with zero attached hydrogens (tertiary/aromatic N) is 6. The number of benzene rings is 2. The third kappa shape index (κ3) is 5.13. The zero-order valence-electron chi connectivity index (χ0n) is 22.8. The average Bonchev–Trinajstić information content (AvgIpc) is 3.37. The smallest absolute Gasteiger partial charge is 0.339 e. The molecule has 1 aliphatic carbocycles. The second kappa shape index (κ2) is 10.5. The highest BCUT2D eigenvalue weighted by molar-refractivity contribution is 5.89. The standard InChI is InChI=1S/C30H34N6O3.CH4/c1-5-26-21-11-6-7-12-27(21)39-30(2,3)18-35(26)16-19-9-8-10-20(13-19)36-28(24(15-31-36)29(37)38)23-14-22(23)25-17-34(4)33-32-25;/h6-13,15,17,22-23,26H,5,14,16,18H2,1-4H3,(H,37,38);1H4/t22-,23-,26?;/m1./s1. The molecule has 9 nitrogen and oxygen atoms in total. The first-order valence-corrected chi connectivity index (χ1v) is 13.5. The Bertz CT molecular complexity index is 1520. The van der Waals surface area contributed by atoms with E-state index in [9.17, 15) is 9.90 Å². The Morgan fingerprint density at radius 2 is 1.95 bits per heavy atom. The average molecular weight is 543 g/mol. The summed E-state index contributed by atoms with van der Waals surface area (Å²) in [5.74, 6) is 0.159. The van der Waals surface area contributed by atoms with Crippen LogP contribution in [0.1, 0.15) is 91.8 Å². The molecule has 3 atom stereocenters. The van der Waals surface area contributed by atoms with Crippen LogP contribution in [0.3, 0.4) is 0 Å². The van der Waals surface area contributed by atoms with E-state index in [1.54, 1.807) is 9.36 Å². The van der Waals surface area contributed by atoms with E-state index < -0.39 is 5.97 Å². The summed E-state index contributed by atoms with van der Waals surface area (Å²) in [6.45, 7) is 8.01. The van der Waals surface area contributed by atoms with Gasteiger partial charge in [-0.15, -0.1) is 5.10 Å².